The van der Waals surface area contributed by atoms with Crippen LogP contribution in [0.15, 0.2) is 89.6 Å². The average Bonchev–Trinajstić information content (AvgIpc) is 3.58. The molecular weight excluding hydrogens is 490 g/mol. The van der Waals surface area contributed by atoms with Gasteiger partial charge >= 0.3 is 0 Å². The van der Waals surface area contributed by atoms with E-state index < -0.39 is 5.54 Å². The molecule has 0 radical (unpaired) electrons. The molecule has 9 heteroatoms. The minimum Gasteiger partial charge on any atom is -0.399 e. The summed E-state index contributed by atoms with van der Waals surface area (Å²) in [6.07, 6.45) is 1.45. The van der Waals surface area contributed by atoms with Crippen LogP contribution in [0.25, 0.3) is 36.9 Å². The summed E-state index contributed by atoms with van der Waals surface area (Å²) in [6.45, 7) is 0. The first kappa shape index (κ1) is 21.1. The second-order valence-corrected chi connectivity index (χ2v) is 10.7. The molecule has 1 aliphatic carbocycles. The molecule has 174 valence electrons. The van der Waals surface area contributed by atoms with Gasteiger partial charge in [0, 0.05) is 6.42 Å². The molecule has 7 rings (SSSR count). The van der Waals surface area contributed by atoms with Crippen molar-refractivity contribution in [2.45, 2.75) is 12.0 Å². The zero-order valence-corrected chi connectivity index (χ0v) is 20.3. The van der Waals surface area contributed by atoms with Crippen molar-refractivity contribution in [3.05, 3.63) is 105 Å². The highest BCUT2D eigenvalue weighted by molar-refractivity contribution is 7.20. The van der Waals surface area contributed by atoms with Gasteiger partial charge in [0.1, 0.15) is 15.6 Å². The quantitative estimate of drug-likeness (QED) is 0.372. The van der Waals surface area contributed by atoms with Crippen LogP contribution in [0.1, 0.15) is 16.4 Å². The van der Waals surface area contributed by atoms with Gasteiger partial charge in [-0.3, -0.25) is 14.2 Å². The summed E-state index contributed by atoms with van der Waals surface area (Å²) in [6, 6.07) is 22.6. The molecule has 0 bridgehead atoms. The molecule has 1 atom stereocenters. The first-order valence-electron chi connectivity index (χ1n) is 11.3. The summed E-state index contributed by atoms with van der Waals surface area (Å²) in [5.74, 6) is -0.175. The summed E-state index contributed by atoms with van der Waals surface area (Å²) in [5, 5.41) is 1.57. The van der Waals surface area contributed by atoms with E-state index in [1.807, 2.05) is 54.6 Å². The van der Waals surface area contributed by atoms with Gasteiger partial charge < -0.3 is 5.73 Å². The lowest BCUT2D eigenvalue weighted by molar-refractivity contribution is -0.114. The number of rotatable bonds is 3. The first-order chi connectivity index (χ1) is 17.6. The standard InChI is InChI=1S/C27H17N5O2S2/c28-23-22(24-30-17-9-3-5-11-20(17)35-24)19(33)13-27(23,26-31-18-10-4-6-12-21(18)36-26)32-14-29-16-8-2-1-7-15(16)25(32)34/h1-12,14H,13,28H2/t27-/m1/s1. The summed E-state index contributed by atoms with van der Waals surface area (Å²) in [7, 11) is 0. The van der Waals surface area contributed by atoms with Gasteiger partial charge in [0.2, 0.25) is 0 Å². The number of hydrogen-bond acceptors (Lipinski definition) is 8. The topological polar surface area (TPSA) is 104 Å². The highest BCUT2D eigenvalue weighted by atomic mass is 32.1. The maximum atomic E-state index is 13.8. The second-order valence-electron chi connectivity index (χ2n) is 8.66. The summed E-state index contributed by atoms with van der Waals surface area (Å²) >= 11 is 2.84. The van der Waals surface area contributed by atoms with E-state index >= 15 is 0 Å². The van der Waals surface area contributed by atoms with E-state index in [4.69, 9.17) is 15.7 Å². The van der Waals surface area contributed by atoms with Gasteiger partial charge in [-0.1, -0.05) is 36.4 Å². The van der Waals surface area contributed by atoms with E-state index in [1.165, 1.54) is 33.6 Å². The number of carbonyl (C=O) groups is 1. The highest BCUT2D eigenvalue weighted by Crippen LogP contribution is 2.48. The van der Waals surface area contributed by atoms with Crippen LogP contribution in [0.4, 0.5) is 0 Å². The molecule has 3 aromatic carbocycles. The van der Waals surface area contributed by atoms with Gasteiger partial charge in [0.25, 0.3) is 5.56 Å². The van der Waals surface area contributed by atoms with Crippen LogP contribution in [0.2, 0.25) is 0 Å². The van der Waals surface area contributed by atoms with Crippen LogP contribution in [0.5, 0.6) is 0 Å². The minimum absolute atomic E-state index is 0.0379. The van der Waals surface area contributed by atoms with Crippen LogP contribution in [0, 0.1) is 0 Å². The van der Waals surface area contributed by atoms with Crippen LogP contribution in [-0.4, -0.2) is 25.3 Å². The molecule has 36 heavy (non-hydrogen) atoms. The van der Waals surface area contributed by atoms with Crippen LogP contribution < -0.4 is 11.3 Å². The first-order valence-corrected chi connectivity index (χ1v) is 12.9. The fraction of sp³-hybridized carbons (Fsp3) is 0.0741. The second kappa shape index (κ2) is 7.64. The van der Waals surface area contributed by atoms with E-state index in [9.17, 15) is 9.59 Å². The Morgan fingerprint density at radius 1 is 0.806 bits per heavy atom. The Labute approximate surface area is 212 Å². The van der Waals surface area contributed by atoms with Crippen LogP contribution in [0.3, 0.4) is 0 Å². The number of nitrogens with zero attached hydrogens (tertiary/aromatic N) is 4. The Balaban J connectivity index is 1.56. The summed E-state index contributed by atoms with van der Waals surface area (Å²) in [4.78, 5) is 41.6. The molecule has 0 amide bonds. The highest BCUT2D eigenvalue weighted by Gasteiger charge is 2.51. The molecule has 0 saturated heterocycles. The smallest absolute Gasteiger partial charge is 0.262 e. The third-order valence-electron chi connectivity index (χ3n) is 6.64. The lowest BCUT2D eigenvalue weighted by atomic mass is 9.95. The van der Waals surface area contributed by atoms with Gasteiger partial charge in [0.15, 0.2) is 5.78 Å². The average molecular weight is 508 g/mol. The number of para-hydroxylation sites is 3. The van der Waals surface area contributed by atoms with E-state index in [-0.39, 0.29) is 23.5 Å². The number of ketones is 1. The number of hydrogen-bond donors (Lipinski definition) is 1. The predicted octanol–water partition coefficient (Wildman–Crippen LogP) is 4.70. The normalized spacial score (nSPS) is 18.2. The fourth-order valence-corrected chi connectivity index (χ4v) is 7.10. The molecule has 3 aromatic heterocycles. The molecule has 0 fully saturated rings. The van der Waals surface area contributed by atoms with E-state index in [1.54, 1.807) is 18.2 Å². The van der Waals surface area contributed by atoms with Gasteiger partial charge in [-0.25, -0.2) is 15.0 Å². The fourth-order valence-electron chi connectivity index (χ4n) is 4.89. The third-order valence-corrected chi connectivity index (χ3v) is 8.88. The molecular formula is C27H17N5O2S2. The number of allylic oxidation sites excluding steroid dienone is 2. The maximum Gasteiger partial charge on any atom is 0.262 e. The Morgan fingerprint density at radius 2 is 1.44 bits per heavy atom. The van der Waals surface area contributed by atoms with Gasteiger partial charge in [-0.15, -0.1) is 22.7 Å². The molecule has 0 spiro atoms. The van der Waals surface area contributed by atoms with Crippen molar-refractivity contribution in [2.24, 2.45) is 5.73 Å². The molecule has 2 N–H and O–H groups in total. The van der Waals surface area contributed by atoms with E-state index in [2.05, 4.69) is 4.98 Å². The summed E-state index contributed by atoms with van der Waals surface area (Å²) < 4.78 is 3.39. The molecule has 1 aliphatic rings. The third kappa shape index (κ3) is 2.87. The zero-order chi connectivity index (χ0) is 24.4. The van der Waals surface area contributed by atoms with Crippen molar-refractivity contribution in [3.63, 3.8) is 0 Å². The van der Waals surface area contributed by atoms with Crippen molar-refractivity contribution in [1.29, 1.82) is 0 Å². The lowest BCUT2D eigenvalue weighted by Gasteiger charge is -2.30. The predicted molar refractivity (Wildman–Crippen MR) is 143 cm³/mol. The lowest BCUT2D eigenvalue weighted by Crippen LogP contribution is -2.44. The monoisotopic (exact) mass is 507 g/mol. The van der Waals surface area contributed by atoms with Gasteiger partial charge in [-0.2, -0.15) is 0 Å². The number of nitrogens with two attached hydrogens (primary N) is 1. The number of Topliss-reactive ketones (excluding diaryl/α,β-unsaturated/α-hetero) is 1. The van der Waals surface area contributed by atoms with E-state index in [0.29, 0.717) is 26.5 Å². The summed E-state index contributed by atoms with van der Waals surface area (Å²) in [5.41, 5.74) is 8.10. The van der Waals surface area contributed by atoms with Crippen molar-refractivity contribution < 1.29 is 4.79 Å². The van der Waals surface area contributed by atoms with E-state index in [0.717, 1.165) is 20.4 Å². The zero-order valence-electron chi connectivity index (χ0n) is 18.7. The number of thiazole rings is 2. The Morgan fingerprint density at radius 3 is 2.17 bits per heavy atom. The largest absolute Gasteiger partial charge is 0.399 e. The molecule has 0 aliphatic heterocycles. The SMILES string of the molecule is NC1=C(c2nc3ccccc3s2)C(=O)C[C@@]1(c1nc2ccccc2s1)n1cnc2ccccc2c1=O. The van der Waals surface area contributed by atoms with Crippen molar-refractivity contribution in [2.75, 3.05) is 0 Å². The maximum absolute atomic E-state index is 13.8. The van der Waals surface area contributed by atoms with Gasteiger partial charge in [-0.05, 0) is 36.4 Å². The van der Waals surface area contributed by atoms with Crippen molar-refractivity contribution in [1.82, 2.24) is 19.5 Å². The minimum atomic E-state index is -1.30. The Kier molecular flexibility index (Phi) is 4.48. The van der Waals surface area contributed by atoms with Gasteiger partial charge in [0.05, 0.1) is 48.9 Å². The molecule has 6 aromatic rings. The van der Waals surface area contributed by atoms with Crippen LogP contribution in [-0.2, 0) is 10.3 Å². The van der Waals surface area contributed by atoms with Crippen molar-refractivity contribution >= 4 is 65.4 Å². The molecule has 7 nitrogen and oxygen atoms in total. The number of carbonyl (C=O) groups excluding carboxylic acids is 1. The Bertz CT molecular complexity index is 1880. The Hall–Kier alpha value is -4.21. The molecule has 0 unspecified atom stereocenters. The number of benzene rings is 3. The molecule has 3 heterocycles. The number of aromatic nitrogens is 4. The number of fused-ring (bicyclic) bond motifs is 3. The molecule has 0 saturated carbocycles. The van der Waals surface area contributed by atoms with Crippen LogP contribution >= 0.6 is 22.7 Å². The van der Waals surface area contributed by atoms with Crippen molar-refractivity contribution in [3.8, 4) is 0 Å².